The maximum Gasteiger partial charge on any atom is 0.344 e. The van der Waals surface area contributed by atoms with Gasteiger partial charge in [-0.1, -0.05) is 38.8 Å². The molecule has 184 valence electrons. The molecule has 2 aromatic heterocycles. The zero-order valence-electron chi connectivity index (χ0n) is 20.4. The summed E-state index contributed by atoms with van der Waals surface area (Å²) in [7, 11) is 1.51. The van der Waals surface area contributed by atoms with Crippen LogP contribution in [-0.2, 0) is 6.54 Å². The van der Waals surface area contributed by atoms with Gasteiger partial charge in [0, 0.05) is 28.9 Å². The fraction of sp³-hybridized carbons (Fsp3) is 0.357. The molecular formula is C28H31NO6. The molecule has 0 atom stereocenters. The van der Waals surface area contributed by atoms with Gasteiger partial charge >= 0.3 is 11.3 Å². The number of benzene rings is 2. The quantitative estimate of drug-likeness (QED) is 0.294. The molecule has 0 amide bonds. The predicted octanol–water partition coefficient (Wildman–Crippen LogP) is 5.68. The van der Waals surface area contributed by atoms with Crippen LogP contribution in [0, 0.1) is 0 Å². The summed E-state index contributed by atoms with van der Waals surface area (Å²) in [5.41, 5.74) is 0.640. The second-order valence-electron chi connectivity index (χ2n) is 8.73. The highest BCUT2D eigenvalue weighted by Crippen LogP contribution is 2.34. The van der Waals surface area contributed by atoms with E-state index in [4.69, 9.17) is 13.6 Å². The third kappa shape index (κ3) is 5.10. The minimum Gasteiger partial charge on any atom is -0.507 e. The Bertz CT molecular complexity index is 1440. The van der Waals surface area contributed by atoms with Gasteiger partial charge in [0.1, 0.15) is 11.3 Å². The third-order valence-corrected chi connectivity index (χ3v) is 6.26. The first kappa shape index (κ1) is 24.5. The van der Waals surface area contributed by atoms with Crippen LogP contribution in [0.3, 0.4) is 0 Å². The molecule has 0 unspecified atom stereocenters. The fourth-order valence-corrected chi connectivity index (χ4v) is 4.37. The van der Waals surface area contributed by atoms with Crippen molar-refractivity contribution in [1.29, 1.82) is 0 Å². The molecule has 0 saturated heterocycles. The number of hydrogen-bond acceptors (Lipinski definition) is 7. The van der Waals surface area contributed by atoms with E-state index in [1.807, 2.05) is 6.07 Å². The van der Waals surface area contributed by atoms with Crippen LogP contribution in [0.15, 0.2) is 60.9 Å². The van der Waals surface area contributed by atoms with Crippen LogP contribution in [0.1, 0.15) is 45.1 Å². The molecule has 2 heterocycles. The van der Waals surface area contributed by atoms with Crippen molar-refractivity contribution >= 4 is 21.9 Å². The van der Waals surface area contributed by atoms with Crippen LogP contribution in [0.4, 0.5) is 0 Å². The molecule has 1 N–H and O–H groups in total. The normalized spacial score (nSPS) is 11.5. The van der Waals surface area contributed by atoms with E-state index in [-0.39, 0.29) is 16.9 Å². The van der Waals surface area contributed by atoms with Gasteiger partial charge in [-0.05, 0) is 50.2 Å². The van der Waals surface area contributed by atoms with E-state index >= 15 is 0 Å². The van der Waals surface area contributed by atoms with Crippen molar-refractivity contribution in [3.63, 3.8) is 0 Å². The Morgan fingerprint density at radius 2 is 1.66 bits per heavy atom. The van der Waals surface area contributed by atoms with Crippen LogP contribution < -0.4 is 16.0 Å². The average molecular weight is 478 g/mol. The molecule has 0 spiro atoms. The number of rotatable bonds is 10. The van der Waals surface area contributed by atoms with E-state index in [0.717, 1.165) is 38.8 Å². The minimum absolute atomic E-state index is 0.0612. The second kappa shape index (κ2) is 10.8. The first-order chi connectivity index (χ1) is 17.0. The monoisotopic (exact) mass is 477 g/mol. The highest BCUT2D eigenvalue weighted by atomic mass is 16.5. The second-order valence-corrected chi connectivity index (χ2v) is 8.73. The number of ether oxygens (including phenoxy) is 1. The van der Waals surface area contributed by atoms with Crippen molar-refractivity contribution in [3.8, 4) is 22.6 Å². The molecule has 4 rings (SSSR count). The van der Waals surface area contributed by atoms with Crippen molar-refractivity contribution in [3.05, 3.63) is 68.9 Å². The molecule has 35 heavy (non-hydrogen) atoms. The van der Waals surface area contributed by atoms with Crippen LogP contribution >= 0.6 is 0 Å². The Labute approximate surface area is 203 Å². The molecule has 0 aliphatic rings. The van der Waals surface area contributed by atoms with Crippen LogP contribution in [0.2, 0.25) is 0 Å². The third-order valence-electron chi connectivity index (χ3n) is 6.26. The summed E-state index contributed by atoms with van der Waals surface area (Å²) in [4.78, 5) is 27.9. The highest BCUT2D eigenvalue weighted by molar-refractivity contribution is 5.97. The van der Waals surface area contributed by atoms with E-state index < -0.39 is 11.3 Å². The highest BCUT2D eigenvalue weighted by Gasteiger charge is 2.20. The summed E-state index contributed by atoms with van der Waals surface area (Å²) >= 11 is 0. The number of nitrogens with zero attached hydrogens (tertiary/aromatic N) is 1. The van der Waals surface area contributed by atoms with E-state index in [1.54, 1.807) is 30.3 Å². The van der Waals surface area contributed by atoms with Crippen molar-refractivity contribution in [1.82, 2.24) is 4.90 Å². The molecule has 0 radical (unpaired) electrons. The molecule has 0 bridgehead atoms. The summed E-state index contributed by atoms with van der Waals surface area (Å²) in [6.45, 7) is 6.49. The molecule has 7 heteroatoms. The average Bonchev–Trinajstić information content (AvgIpc) is 2.85. The molecule has 0 aliphatic heterocycles. The standard InChI is InChI=1S/C28H31NO6/c1-4-6-13-29(14-7-5-2)17-22-23(30)12-11-19-20(16-25(31)34-27(19)22)21-15-18-9-8-10-24(33-3)26(18)35-28(21)32/h8-12,15-16,30H,4-7,13-14,17H2,1-3H3. The lowest BCUT2D eigenvalue weighted by molar-refractivity contribution is 0.253. The number of methoxy groups -OCH3 is 1. The number of hydrogen-bond donors (Lipinski definition) is 1. The van der Waals surface area contributed by atoms with E-state index in [0.29, 0.717) is 39.8 Å². The van der Waals surface area contributed by atoms with Crippen LogP contribution in [0.5, 0.6) is 11.5 Å². The zero-order chi connectivity index (χ0) is 24.9. The van der Waals surface area contributed by atoms with Gasteiger partial charge in [0.15, 0.2) is 11.3 Å². The van der Waals surface area contributed by atoms with Gasteiger partial charge in [0.25, 0.3) is 0 Å². The van der Waals surface area contributed by atoms with E-state index in [9.17, 15) is 14.7 Å². The Morgan fingerprint density at radius 3 is 2.34 bits per heavy atom. The smallest absolute Gasteiger partial charge is 0.344 e. The number of aromatic hydroxyl groups is 1. The van der Waals surface area contributed by atoms with Crippen molar-refractivity contribution in [2.75, 3.05) is 20.2 Å². The number of unbranched alkanes of at least 4 members (excludes halogenated alkanes) is 2. The lowest BCUT2D eigenvalue weighted by atomic mass is 9.99. The van der Waals surface area contributed by atoms with Crippen LogP contribution in [0.25, 0.3) is 33.1 Å². The van der Waals surface area contributed by atoms with Gasteiger partial charge in [-0.15, -0.1) is 0 Å². The van der Waals surface area contributed by atoms with Gasteiger partial charge < -0.3 is 18.7 Å². The molecule has 4 aromatic rings. The maximum atomic E-state index is 13.0. The van der Waals surface area contributed by atoms with Crippen molar-refractivity contribution in [2.45, 2.75) is 46.1 Å². The van der Waals surface area contributed by atoms with Gasteiger partial charge in [-0.2, -0.15) is 0 Å². The zero-order valence-corrected chi connectivity index (χ0v) is 20.4. The van der Waals surface area contributed by atoms with Gasteiger partial charge in [0.2, 0.25) is 0 Å². The Balaban J connectivity index is 1.88. The van der Waals surface area contributed by atoms with Gasteiger partial charge in [0.05, 0.1) is 18.2 Å². The Hall–Kier alpha value is -3.58. The van der Waals surface area contributed by atoms with E-state index in [2.05, 4.69) is 18.7 Å². The lowest BCUT2D eigenvalue weighted by Gasteiger charge is -2.23. The fourth-order valence-electron chi connectivity index (χ4n) is 4.37. The van der Waals surface area contributed by atoms with Crippen molar-refractivity contribution in [2.24, 2.45) is 0 Å². The molecule has 7 nitrogen and oxygen atoms in total. The maximum absolute atomic E-state index is 13.0. The summed E-state index contributed by atoms with van der Waals surface area (Å²) in [5, 5.41) is 12.0. The number of para-hydroxylation sites is 1. The number of fused-ring (bicyclic) bond motifs is 2. The summed E-state index contributed by atoms with van der Waals surface area (Å²) in [6.07, 6.45) is 4.19. The molecule has 0 fully saturated rings. The number of phenolic OH excluding ortho intramolecular Hbond substituents is 1. The topological polar surface area (TPSA) is 93.1 Å². The molecule has 0 saturated carbocycles. The number of phenols is 1. The van der Waals surface area contributed by atoms with Crippen molar-refractivity contribution < 1.29 is 18.7 Å². The first-order valence-corrected chi connectivity index (χ1v) is 12.1. The lowest BCUT2D eigenvalue weighted by Crippen LogP contribution is -2.26. The molecular weight excluding hydrogens is 446 g/mol. The van der Waals surface area contributed by atoms with Gasteiger partial charge in [-0.3, -0.25) is 4.90 Å². The summed E-state index contributed by atoms with van der Waals surface area (Å²) < 4.78 is 16.5. The minimum atomic E-state index is -0.599. The molecule has 0 aliphatic carbocycles. The molecule has 2 aromatic carbocycles. The van der Waals surface area contributed by atoms with E-state index in [1.165, 1.54) is 13.2 Å². The predicted molar refractivity (Wildman–Crippen MR) is 137 cm³/mol. The summed E-state index contributed by atoms with van der Waals surface area (Å²) in [5.74, 6) is 0.515. The SMILES string of the molecule is CCCCN(CCCC)Cc1c(O)ccc2c(-c3cc4cccc(OC)c4oc3=O)cc(=O)oc12. The Morgan fingerprint density at radius 1 is 0.914 bits per heavy atom. The first-order valence-electron chi connectivity index (χ1n) is 12.1. The Kier molecular flexibility index (Phi) is 7.56. The largest absolute Gasteiger partial charge is 0.507 e. The summed E-state index contributed by atoms with van der Waals surface area (Å²) in [6, 6.07) is 11.6. The van der Waals surface area contributed by atoms with Crippen LogP contribution in [-0.4, -0.2) is 30.2 Å². The van der Waals surface area contributed by atoms with Gasteiger partial charge in [-0.25, -0.2) is 9.59 Å².